The molecule has 17 heavy (non-hydrogen) atoms. The third-order valence-electron chi connectivity index (χ3n) is 1.62. The molecule has 94 valence electrons. The van der Waals surface area contributed by atoms with E-state index in [1.807, 2.05) is 0 Å². The van der Waals surface area contributed by atoms with E-state index >= 15 is 0 Å². The van der Waals surface area contributed by atoms with Gasteiger partial charge in [-0.3, -0.25) is 10.1 Å². The fraction of sp³-hybridized carbons (Fsp3) is 0.167. The lowest BCUT2D eigenvalue weighted by Crippen LogP contribution is -2.03. The van der Waals surface area contributed by atoms with Crippen molar-refractivity contribution in [1.82, 2.24) is 4.98 Å². The summed E-state index contributed by atoms with van der Waals surface area (Å²) in [6.45, 7) is 0. The van der Waals surface area contributed by atoms with Gasteiger partial charge in [0.25, 0.3) is 15.5 Å². The predicted molar refractivity (Wildman–Crippen MR) is 53.9 cm³/mol. The van der Waals surface area contributed by atoms with Crippen LogP contribution in [0.5, 0.6) is 0 Å². The van der Waals surface area contributed by atoms with E-state index in [4.69, 9.17) is 22.3 Å². The summed E-state index contributed by atoms with van der Waals surface area (Å²) in [4.78, 5) is 12.4. The van der Waals surface area contributed by atoms with E-state index in [9.17, 15) is 27.3 Å². The van der Waals surface area contributed by atoms with E-state index < -0.39 is 41.8 Å². The van der Waals surface area contributed by atoms with Crippen molar-refractivity contribution in [3.63, 3.8) is 0 Å². The van der Waals surface area contributed by atoms with Crippen LogP contribution in [0.3, 0.4) is 0 Å². The van der Waals surface area contributed by atoms with Crippen LogP contribution in [0.1, 0.15) is 12.0 Å². The summed E-state index contributed by atoms with van der Waals surface area (Å²) in [5.41, 5.74) is -2.31. The summed E-state index contributed by atoms with van der Waals surface area (Å²) in [6.07, 6.45) is -3.28. The monoisotopic (exact) mass is 306 g/mol. The Kier molecular flexibility index (Phi) is 3.84. The number of alkyl halides is 2. The minimum atomic E-state index is -4.40. The Balaban J connectivity index is 3.64. The number of aromatic nitrogens is 1. The van der Waals surface area contributed by atoms with Crippen molar-refractivity contribution in [2.24, 2.45) is 0 Å². The highest BCUT2D eigenvalue weighted by atomic mass is 35.7. The lowest BCUT2D eigenvalue weighted by Gasteiger charge is -2.04. The Morgan fingerprint density at radius 1 is 1.47 bits per heavy atom. The Hall–Kier alpha value is -1.06. The highest BCUT2D eigenvalue weighted by Crippen LogP contribution is 2.35. The quantitative estimate of drug-likeness (QED) is 0.370. The molecule has 0 fully saturated rings. The maximum absolute atomic E-state index is 12.5. The minimum Gasteiger partial charge on any atom is -0.258 e. The molecule has 0 aromatic carbocycles. The van der Waals surface area contributed by atoms with Crippen LogP contribution >= 0.6 is 22.3 Å². The van der Waals surface area contributed by atoms with E-state index in [0.717, 1.165) is 0 Å². The summed E-state index contributed by atoms with van der Waals surface area (Å²) in [6, 6.07) is 0.316. The molecule has 0 amide bonds. The Morgan fingerprint density at radius 3 is 2.35 bits per heavy atom. The summed E-state index contributed by atoms with van der Waals surface area (Å²) in [5, 5.41) is 8.54. The van der Waals surface area contributed by atoms with Gasteiger partial charge in [-0.15, -0.1) is 0 Å². The largest absolute Gasteiger partial charge is 0.315 e. The Bertz CT molecular complexity index is 578. The van der Waals surface area contributed by atoms with Crippen molar-refractivity contribution in [1.29, 1.82) is 0 Å². The van der Waals surface area contributed by atoms with Crippen molar-refractivity contribution < 1.29 is 22.1 Å². The zero-order valence-electron chi connectivity index (χ0n) is 7.60. The molecule has 0 aliphatic heterocycles. The third kappa shape index (κ3) is 2.99. The summed E-state index contributed by atoms with van der Waals surface area (Å²) < 4.78 is 46.8. The minimum absolute atomic E-state index is 0.316. The first kappa shape index (κ1) is 14.0. The molecule has 0 aliphatic rings. The van der Waals surface area contributed by atoms with Crippen LogP contribution in [0, 0.1) is 10.1 Å². The zero-order valence-corrected chi connectivity index (χ0v) is 9.93. The summed E-state index contributed by atoms with van der Waals surface area (Å²) >= 11 is 5.27. The summed E-state index contributed by atoms with van der Waals surface area (Å²) in [5.74, 6) is 0. The van der Waals surface area contributed by atoms with Crippen molar-refractivity contribution >= 4 is 37.0 Å². The molecule has 1 aromatic rings. The van der Waals surface area contributed by atoms with Gasteiger partial charge < -0.3 is 0 Å². The molecule has 0 bridgehead atoms. The SMILES string of the molecule is O=[N+]([O-])c1c(C(F)F)cc(S(=O)(=O)Cl)nc1Cl. The second kappa shape index (κ2) is 4.67. The number of halogens is 4. The third-order valence-corrected chi connectivity index (χ3v) is 3.07. The maximum atomic E-state index is 12.5. The molecule has 0 unspecified atom stereocenters. The van der Waals surface area contributed by atoms with Gasteiger partial charge in [-0.25, -0.2) is 22.2 Å². The highest BCUT2D eigenvalue weighted by Gasteiger charge is 2.30. The number of hydrogen-bond acceptors (Lipinski definition) is 5. The van der Waals surface area contributed by atoms with E-state index in [-0.39, 0.29) is 0 Å². The normalized spacial score (nSPS) is 11.8. The predicted octanol–water partition coefficient (Wildman–Crippen LogP) is 2.51. The highest BCUT2D eigenvalue weighted by molar-refractivity contribution is 8.13. The molecular formula is C6H2Cl2F2N2O4S. The second-order valence-corrected chi connectivity index (χ2v) is 5.56. The van der Waals surface area contributed by atoms with Gasteiger partial charge in [0.15, 0.2) is 5.03 Å². The van der Waals surface area contributed by atoms with Gasteiger partial charge in [-0.05, 0) is 6.07 Å². The number of hydrogen-bond donors (Lipinski definition) is 0. The Morgan fingerprint density at radius 2 is 2.00 bits per heavy atom. The van der Waals surface area contributed by atoms with Gasteiger partial charge >= 0.3 is 5.69 Å². The lowest BCUT2D eigenvalue weighted by molar-refractivity contribution is -0.386. The molecule has 1 aromatic heterocycles. The van der Waals surface area contributed by atoms with Gasteiger partial charge in [0, 0.05) is 10.7 Å². The summed E-state index contributed by atoms with van der Waals surface area (Å²) in [7, 11) is 0.472. The first-order chi connectivity index (χ1) is 7.64. The second-order valence-electron chi connectivity index (χ2n) is 2.68. The van der Waals surface area contributed by atoms with Crippen molar-refractivity contribution in [3.8, 4) is 0 Å². The topological polar surface area (TPSA) is 90.2 Å². The fourth-order valence-corrected chi connectivity index (χ4v) is 2.00. The van der Waals surface area contributed by atoms with Crippen LogP contribution in [-0.2, 0) is 9.05 Å². The van der Waals surface area contributed by atoms with Crippen molar-refractivity contribution in [2.45, 2.75) is 11.5 Å². The molecule has 0 spiro atoms. The standard InChI is InChI=1S/C6H2Cl2F2N2O4S/c7-5-4(12(13)14)2(6(9)10)1-3(11-5)17(8,15)16/h1,6H. The van der Waals surface area contributed by atoms with E-state index in [1.54, 1.807) is 0 Å². The molecule has 0 radical (unpaired) electrons. The lowest BCUT2D eigenvalue weighted by atomic mass is 10.2. The number of rotatable bonds is 3. The number of nitrogens with zero attached hydrogens (tertiary/aromatic N) is 2. The van der Waals surface area contributed by atoms with Gasteiger partial charge in [0.2, 0.25) is 5.15 Å². The van der Waals surface area contributed by atoms with E-state index in [1.165, 1.54) is 0 Å². The molecule has 0 atom stereocenters. The first-order valence-electron chi connectivity index (χ1n) is 3.72. The number of nitro groups is 1. The smallest absolute Gasteiger partial charge is 0.258 e. The maximum Gasteiger partial charge on any atom is 0.315 e. The van der Waals surface area contributed by atoms with Crippen LogP contribution in [0.4, 0.5) is 14.5 Å². The molecule has 6 nitrogen and oxygen atoms in total. The van der Waals surface area contributed by atoms with E-state index in [2.05, 4.69) is 4.98 Å². The molecule has 1 rings (SSSR count). The van der Waals surface area contributed by atoms with Crippen LogP contribution in [0.15, 0.2) is 11.1 Å². The number of pyridine rings is 1. The molecule has 0 aliphatic carbocycles. The molecule has 11 heteroatoms. The van der Waals surface area contributed by atoms with Crippen LogP contribution in [0.25, 0.3) is 0 Å². The van der Waals surface area contributed by atoms with Gasteiger partial charge in [-0.1, -0.05) is 11.6 Å². The molecule has 0 N–H and O–H groups in total. The van der Waals surface area contributed by atoms with Crippen LogP contribution < -0.4 is 0 Å². The molecular weight excluding hydrogens is 305 g/mol. The average molecular weight is 307 g/mol. The van der Waals surface area contributed by atoms with E-state index in [0.29, 0.717) is 6.07 Å². The molecule has 1 heterocycles. The van der Waals surface area contributed by atoms with Crippen LogP contribution in [-0.4, -0.2) is 18.3 Å². The van der Waals surface area contributed by atoms with Crippen molar-refractivity contribution in [2.75, 3.05) is 0 Å². The Labute approximate surface area is 103 Å². The van der Waals surface area contributed by atoms with Crippen molar-refractivity contribution in [3.05, 3.63) is 26.9 Å². The first-order valence-corrected chi connectivity index (χ1v) is 6.41. The fourth-order valence-electron chi connectivity index (χ4n) is 0.974. The zero-order chi connectivity index (χ0) is 13.4. The van der Waals surface area contributed by atoms with Gasteiger partial charge in [0.1, 0.15) is 5.56 Å². The molecule has 0 saturated carbocycles. The van der Waals surface area contributed by atoms with Gasteiger partial charge in [-0.2, -0.15) is 0 Å². The van der Waals surface area contributed by atoms with Gasteiger partial charge in [0.05, 0.1) is 4.92 Å². The van der Waals surface area contributed by atoms with Crippen LogP contribution in [0.2, 0.25) is 5.15 Å². The average Bonchev–Trinajstić information content (AvgIpc) is 2.13. The molecule has 0 saturated heterocycles.